The van der Waals surface area contributed by atoms with Crippen LogP contribution in [0, 0.1) is 5.92 Å². The lowest BCUT2D eigenvalue weighted by molar-refractivity contribution is -0.121. The van der Waals surface area contributed by atoms with Crippen LogP contribution in [0.5, 0.6) is 0 Å². The summed E-state index contributed by atoms with van der Waals surface area (Å²) in [4.78, 5) is 29.8. The van der Waals surface area contributed by atoms with Crippen LogP contribution in [0.2, 0.25) is 0 Å². The third-order valence-corrected chi connectivity index (χ3v) is 5.15. The molecule has 0 bridgehead atoms. The summed E-state index contributed by atoms with van der Waals surface area (Å²) in [6.45, 7) is 2.35. The zero-order chi connectivity index (χ0) is 17.6. The number of hydrogen-bond donors (Lipinski definition) is 1. The molecule has 1 N–H and O–H groups in total. The molecule has 2 heterocycles. The molecule has 7 nitrogen and oxygen atoms in total. The first kappa shape index (κ1) is 17.9. The predicted molar refractivity (Wildman–Crippen MR) is 98.6 cm³/mol. The average molecular weight is 346 g/mol. The minimum Gasteiger partial charge on any atom is -0.349 e. The number of nitrogens with one attached hydrogen (secondary N) is 1. The summed E-state index contributed by atoms with van der Waals surface area (Å²) in [6.07, 6.45) is 9.18. The Hall–Kier alpha value is -1.92. The zero-order valence-corrected chi connectivity index (χ0v) is 15.5. The number of amides is 1. The average Bonchev–Trinajstić information content (AvgIpc) is 3.31. The standard InChI is InChI=1S/C18H30N6O/c1-23(2)17-20-15(21-18(22-17)24-11-5-6-12-24)13-19-16(25)10-9-14-7-3-4-8-14/h14H,3-13H2,1-2H3,(H,19,25). The molecule has 2 fully saturated rings. The largest absolute Gasteiger partial charge is 0.349 e. The van der Waals surface area contributed by atoms with Crippen molar-refractivity contribution in [1.29, 1.82) is 0 Å². The first-order valence-corrected chi connectivity index (χ1v) is 9.56. The van der Waals surface area contributed by atoms with Gasteiger partial charge < -0.3 is 15.1 Å². The minimum atomic E-state index is 0.0986. The second-order valence-corrected chi connectivity index (χ2v) is 7.41. The van der Waals surface area contributed by atoms with Crippen LogP contribution in [0.15, 0.2) is 0 Å². The van der Waals surface area contributed by atoms with Gasteiger partial charge in [0.15, 0.2) is 5.82 Å². The summed E-state index contributed by atoms with van der Waals surface area (Å²) in [7, 11) is 3.85. The predicted octanol–water partition coefficient (Wildman–Crippen LogP) is 2.12. The Balaban J connectivity index is 1.57. The molecule has 0 spiro atoms. The molecule has 138 valence electrons. The van der Waals surface area contributed by atoms with Gasteiger partial charge in [0.25, 0.3) is 0 Å². The Bertz CT molecular complexity index is 579. The smallest absolute Gasteiger partial charge is 0.230 e. The molecule has 0 aromatic carbocycles. The van der Waals surface area contributed by atoms with Crippen molar-refractivity contribution >= 4 is 17.8 Å². The number of carbonyl (C=O) groups is 1. The third kappa shape index (κ3) is 5.03. The highest BCUT2D eigenvalue weighted by Crippen LogP contribution is 2.28. The molecule has 1 saturated heterocycles. The first-order chi connectivity index (χ1) is 12.1. The Labute approximate surface area is 150 Å². The van der Waals surface area contributed by atoms with E-state index in [-0.39, 0.29) is 5.91 Å². The van der Waals surface area contributed by atoms with Gasteiger partial charge in [0.1, 0.15) is 0 Å². The molecule has 1 amide bonds. The second-order valence-electron chi connectivity index (χ2n) is 7.41. The molecule has 0 unspecified atom stereocenters. The molecule has 1 aromatic rings. The van der Waals surface area contributed by atoms with Crippen LogP contribution in [0.3, 0.4) is 0 Å². The molecule has 1 aromatic heterocycles. The fourth-order valence-corrected chi connectivity index (χ4v) is 3.63. The molecule has 25 heavy (non-hydrogen) atoms. The van der Waals surface area contributed by atoms with E-state index in [1.54, 1.807) is 0 Å². The molecule has 1 saturated carbocycles. The van der Waals surface area contributed by atoms with E-state index in [0.717, 1.165) is 31.4 Å². The lowest BCUT2D eigenvalue weighted by atomic mass is 10.0. The maximum atomic E-state index is 12.1. The third-order valence-electron chi connectivity index (χ3n) is 5.15. The van der Waals surface area contributed by atoms with Gasteiger partial charge in [-0.2, -0.15) is 15.0 Å². The van der Waals surface area contributed by atoms with Crippen molar-refractivity contribution in [2.75, 3.05) is 37.0 Å². The van der Waals surface area contributed by atoms with Gasteiger partial charge in [0.05, 0.1) is 6.54 Å². The zero-order valence-electron chi connectivity index (χ0n) is 15.5. The number of rotatable bonds is 7. The van der Waals surface area contributed by atoms with Crippen molar-refractivity contribution in [2.24, 2.45) is 5.92 Å². The molecular weight excluding hydrogens is 316 g/mol. The molecule has 1 aliphatic carbocycles. The van der Waals surface area contributed by atoms with Gasteiger partial charge in [-0.3, -0.25) is 4.79 Å². The van der Waals surface area contributed by atoms with E-state index in [1.165, 1.54) is 38.5 Å². The molecule has 0 radical (unpaired) electrons. The number of aromatic nitrogens is 3. The highest BCUT2D eigenvalue weighted by molar-refractivity contribution is 5.75. The molecule has 2 aliphatic rings. The van der Waals surface area contributed by atoms with Gasteiger partial charge in [0.2, 0.25) is 17.8 Å². The number of carbonyl (C=O) groups excluding carboxylic acids is 1. The van der Waals surface area contributed by atoms with E-state index in [1.807, 2.05) is 19.0 Å². The number of hydrogen-bond acceptors (Lipinski definition) is 6. The lowest BCUT2D eigenvalue weighted by Gasteiger charge is -2.19. The van der Waals surface area contributed by atoms with E-state index < -0.39 is 0 Å². The Kier molecular flexibility index (Phi) is 6.04. The van der Waals surface area contributed by atoms with Crippen LogP contribution in [-0.4, -0.2) is 48.0 Å². The fourth-order valence-electron chi connectivity index (χ4n) is 3.63. The van der Waals surface area contributed by atoms with Gasteiger partial charge in [-0.15, -0.1) is 0 Å². The highest BCUT2D eigenvalue weighted by atomic mass is 16.1. The second kappa shape index (κ2) is 8.45. The minimum absolute atomic E-state index is 0.0986. The summed E-state index contributed by atoms with van der Waals surface area (Å²) in [5.74, 6) is 2.85. The summed E-state index contributed by atoms with van der Waals surface area (Å²) in [5.41, 5.74) is 0. The Morgan fingerprint density at radius 3 is 2.52 bits per heavy atom. The van der Waals surface area contributed by atoms with Crippen molar-refractivity contribution in [2.45, 2.75) is 57.9 Å². The van der Waals surface area contributed by atoms with Gasteiger partial charge in [-0.25, -0.2) is 0 Å². The number of nitrogens with zero attached hydrogens (tertiary/aromatic N) is 5. The summed E-state index contributed by atoms with van der Waals surface area (Å²) >= 11 is 0. The molecular formula is C18H30N6O. The van der Waals surface area contributed by atoms with Crippen LogP contribution in [0.1, 0.15) is 57.2 Å². The topological polar surface area (TPSA) is 74.2 Å². The van der Waals surface area contributed by atoms with Gasteiger partial charge in [-0.1, -0.05) is 25.7 Å². The fraction of sp³-hybridized carbons (Fsp3) is 0.778. The van der Waals surface area contributed by atoms with Crippen molar-refractivity contribution in [3.63, 3.8) is 0 Å². The Morgan fingerprint density at radius 1 is 1.12 bits per heavy atom. The lowest BCUT2D eigenvalue weighted by Crippen LogP contribution is -2.27. The van der Waals surface area contributed by atoms with Crippen LogP contribution >= 0.6 is 0 Å². The molecule has 3 rings (SSSR count). The van der Waals surface area contributed by atoms with Crippen LogP contribution in [0.25, 0.3) is 0 Å². The summed E-state index contributed by atoms with van der Waals surface area (Å²) in [5, 5.41) is 2.98. The van der Waals surface area contributed by atoms with Crippen molar-refractivity contribution in [3.8, 4) is 0 Å². The van der Waals surface area contributed by atoms with Crippen LogP contribution in [0.4, 0.5) is 11.9 Å². The van der Waals surface area contributed by atoms with Gasteiger partial charge in [0, 0.05) is 33.6 Å². The van der Waals surface area contributed by atoms with Gasteiger partial charge in [-0.05, 0) is 25.2 Å². The van der Waals surface area contributed by atoms with Crippen molar-refractivity contribution in [3.05, 3.63) is 5.82 Å². The van der Waals surface area contributed by atoms with Crippen molar-refractivity contribution < 1.29 is 4.79 Å². The molecule has 1 aliphatic heterocycles. The van der Waals surface area contributed by atoms with E-state index >= 15 is 0 Å². The van der Waals surface area contributed by atoms with Crippen LogP contribution < -0.4 is 15.1 Å². The van der Waals surface area contributed by atoms with E-state index in [9.17, 15) is 4.79 Å². The monoisotopic (exact) mass is 346 g/mol. The normalized spacial score (nSPS) is 17.9. The highest BCUT2D eigenvalue weighted by Gasteiger charge is 2.19. The van der Waals surface area contributed by atoms with Crippen molar-refractivity contribution in [1.82, 2.24) is 20.3 Å². The van der Waals surface area contributed by atoms with Gasteiger partial charge >= 0.3 is 0 Å². The molecule has 0 atom stereocenters. The first-order valence-electron chi connectivity index (χ1n) is 9.56. The summed E-state index contributed by atoms with van der Waals surface area (Å²) in [6, 6.07) is 0. The maximum absolute atomic E-state index is 12.1. The number of anilines is 2. The maximum Gasteiger partial charge on any atom is 0.230 e. The SMILES string of the molecule is CN(C)c1nc(CNC(=O)CCC2CCCC2)nc(N2CCCC2)n1. The van der Waals surface area contributed by atoms with E-state index in [4.69, 9.17) is 0 Å². The quantitative estimate of drug-likeness (QED) is 0.815. The molecule has 7 heteroatoms. The van der Waals surface area contributed by atoms with Crippen LogP contribution in [-0.2, 0) is 11.3 Å². The summed E-state index contributed by atoms with van der Waals surface area (Å²) < 4.78 is 0. The van der Waals surface area contributed by atoms with E-state index in [0.29, 0.717) is 24.7 Å². The van der Waals surface area contributed by atoms with E-state index in [2.05, 4.69) is 25.2 Å². The Morgan fingerprint density at radius 2 is 1.84 bits per heavy atom.